The van der Waals surface area contributed by atoms with Gasteiger partial charge in [-0.3, -0.25) is 9.69 Å². The molecule has 0 aromatic heterocycles. The van der Waals surface area contributed by atoms with Gasteiger partial charge in [0.25, 0.3) is 5.91 Å². The summed E-state index contributed by atoms with van der Waals surface area (Å²) in [7, 11) is 0. The van der Waals surface area contributed by atoms with Gasteiger partial charge in [0.1, 0.15) is 0 Å². The maximum absolute atomic E-state index is 12.8. The Morgan fingerprint density at radius 2 is 1.91 bits per heavy atom. The molecule has 116 valence electrons. The van der Waals surface area contributed by atoms with Gasteiger partial charge in [-0.1, -0.05) is 65.9 Å². The van der Waals surface area contributed by atoms with E-state index in [9.17, 15) is 4.79 Å². The second-order valence-corrected chi connectivity index (χ2v) is 7.41. The highest BCUT2D eigenvalue weighted by Gasteiger charge is 2.34. The van der Waals surface area contributed by atoms with Gasteiger partial charge in [0.15, 0.2) is 4.32 Å². The fourth-order valence-corrected chi connectivity index (χ4v) is 3.84. The van der Waals surface area contributed by atoms with Crippen LogP contribution < -0.4 is 4.90 Å². The lowest BCUT2D eigenvalue weighted by molar-refractivity contribution is -0.113. The van der Waals surface area contributed by atoms with E-state index < -0.39 is 0 Å². The number of aryl methyl sites for hydroxylation is 2. The Kier molecular flexibility index (Phi) is 4.57. The maximum Gasteiger partial charge on any atom is 0.270 e. The van der Waals surface area contributed by atoms with E-state index in [0.29, 0.717) is 14.2 Å². The van der Waals surface area contributed by atoms with Crippen molar-refractivity contribution in [1.29, 1.82) is 0 Å². The second kappa shape index (κ2) is 6.48. The van der Waals surface area contributed by atoms with Crippen molar-refractivity contribution in [3.05, 3.63) is 69.1 Å². The van der Waals surface area contributed by atoms with E-state index >= 15 is 0 Å². The van der Waals surface area contributed by atoms with Gasteiger partial charge < -0.3 is 0 Å². The number of nitrogens with zero attached hydrogens (tertiary/aromatic N) is 1. The van der Waals surface area contributed by atoms with Crippen molar-refractivity contribution < 1.29 is 4.79 Å². The Labute approximate surface area is 150 Å². The smallest absolute Gasteiger partial charge is 0.268 e. The van der Waals surface area contributed by atoms with Gasteiger partial charge in [-0.25, -0.2) is 0 Å². The number of thioether (sulfide) groups is 1. The van der Waals surface area contributed by atoms with Crippen LogP contribution >= 0.6 is 35.6 Å². The highest BCUT2D eigenvalue weighted by Crippen LogP contribution is 2.38. The van der Waals surface area contributed by atoms with Crippen molar-refractivity contribution >= 4 is 57.6 Å². The van der Waals surface area contributed by atoms with Gasteiger partial charge >= 0.3 is 0 Å². The monoisotopic (exact) mass is 359 g/mol. The maximum atomic E-state index is 12.8. The standard InChI is InChI=1S/C18H14ClNOS2/c1-11-7-8-12(2)15(9-11)20-17(21)16(23-18(20)22)10-13-5-3-4-6-14(13)19/h3-10H,1-2H3. The fourth-order valence-electron chi connectivity index (χ4n) is 2.37. The summed E-state index contributed by atoms with van der Waals surface area (Å²) < 4.78 is 0.544. The van der Waals surface area contributed by atoms with Crippen LogP contribution in [0.4, 0.5) is 5.69 Å². The average molecular weight is 360 g/mol. The van der Waals surface area contributed by atoms with Gasteiger partial charge in [-0.2, -0.15) is 0 Å². The Balaban J connectivity index is 2.01. The minimum absolute atomic E-state index is 0.103. The van der Waals surface area contributed by atoms with Gasteiger partial charge in [-0.15, -0.1) is 0 Å². The van der Waals surface area contributed by atoms with E-state index in [2.05, 4.69) is 0 Å². The van der Waals surface area contributed by atoms with Gasteiger partial charge in [0.05, 0.1) is 10.6 Å². The topological polar surface area (TPSA) is 20.3 Å². The molecule has 1 amide bonds. The zero-order chi connectivity index (χ0) is 16.6. The average Bonchev–Trinajstić information content (AvgIpc) is 2.79. The summed E-state index contributed by atoms with van der Waals surface area (Å²) in [5.74, 6) is -0.103. The second-order valence-electron chi connectivity index (χ2n) is 5.33. The molecule has 1 fully saturated rings. The molecule has 5 heteroatoms. The number of hydrogen-bond acceptors (Lipinski definition) is 3. The minimum atomic E-state index is -0.103. The molecule has 1 aliphatic rings. The zero-order valence-corrected chi connectivity index (χ0v) is 15.1. The fraction of sp³-hybridized carbons (Fsp3) is 0.111. The first-order valence-corrected chi connectivity index (χ1v) is 8.67. The number of carbonyl (C=O) groups is 1. The third kappa shape index (κ3) is 3.20. The lowest BCUT2D eigenvalue weighted by Gasteiger charge is -2.17. The van der Waals surface area contributed by atoms with Gasteiger partial charge in [0.2, 0.25) is 0 Å². The highest BCUT2D eigenvalue weighted by molar-refractivity contribution is 8.27. The lowest BCUT2D eigenvalue weighted by atomic mass is 10.1. The number of benzene rings is 2. The summed E-state index contributed by atoms with van der Waals surface area (Å²) in [5, 5.41) is 0.615. The summed E-state index contributed by atoms with van der Waals surface area (Å²) in [6.45, 7) is 3.98. The Bertz CT molecular complexity index is 845. The van der Waals surface area contributed by atoms with E-state index in [4.69, 9.17) is 23.8 Å². The molecule has 1 aliphatic heterocycles. The largest absolute Gasteiger partial charge is 0.270 e. The number of carbonyl (C=O) groups excluding carboxylic acids is 1. The number of halogens is 1. The molecule has 0 aliphatic carbocycles. The number of hydrogen-bond donors (Lipinski definition) is 0. The van der Waals surface area contributed by atoms with E-state index in [0.717, 1.165) is 22.4 Å². The normalized spacial score (nSPS) is 16.5. The quantitative estimate of drug-likeness (QED) is 0.531. The molecule has 0 saturated carbocycles. The van der Waals surface area contributed by atoms with E-state index in [1.54, 1.807) is 17.0 Å². The first-order chi connectivity index (χ1) is 11.0. The molecule has 2 nitrogen and oxygen atoms in total. The lowest BCUT2D eigenvalue weighted by Crippen LogP contribution is -2.28. The molecule has 0 bridgehead atoms. The van der Waals surface area contributed by atoms with Crippen molar-refractivity contribution in [1.82, 2.24) is 0 Å². The molecule has 0 N–H and O–H groups in total. The molecule has 2 aromatic carbocycles. The van der Waals surface area contributed by atoms with Crippen molar-refractivity contribution in [2.45, 2.75) is 13.8 Å². The van der Waals surface area contributed by atoms with Crippen LogP contribution in [0.1, 0.15) is 16.7 Å². The van der Waals surface area contributed by atoms with E-state index in [-0.39, 0.29) is 5.91 Å². The minimum Gasteiger partial charge on any atom is -0.268 e. The molecular weight excluding hydrogens is 346 g/mol. The molecule has 23 heavy (non-hydrogen) atoms. The SMILES string of the molecule is Cc1ccc(C)c(N2C(=O)C(=Cc3ccccc3Cl)SC2=S)c1. The van der Waals surface area contributed by atoms with Crippen LogP contribution in [0.3, 0.4) is 0 Å². The first kappa shape index (κ1) is 16.2. The zero-order valence-electron chi connectivity index (χ0n) is 12.7. The summed E-state index contributed by atoms with van der Waals surface area (Å²) in [5.41, 5.74) is 3.77. The number of amides is 1. The van der Waals surface area contributed by atoms with Crippen molar-refractivity contribution in [3.63, 3.8) is 0 Å². The van der Waals surface area contributed by atoms with Crippen LogP contribution in [0.15, 0.2) is 47.4 Å². The molecule has 0 unspecified atom stereocenters. The third-order valence-corrected chi connectivity index (χ3v) is 5.24. The molecule has 0 atom stereocenters. The molecule has 1 saturated heterocycles. The summed E-state index contributed by atoms with van der Waals surface area (Å²) in [6, 6.07) is 13.4. The van der Waals surface area contributed by atoms with Gasteiger partial charge in [-0.05, 0) is 48.7 Å². The predicted octanol–water partition coefficient (Wildman–Crippen LogP) is 5.36. The van der Waals surface area contributed by atoms with Crippen LogP contribution in [0.2, 0.25) is 5.02 Å². The van der Waals surface area contributed by atoms with E-state index in [1.165, 1.54) is 11.8 Å². The van der Waals surface area contributed by atoms with Crippen LogP contribution in [-0.2, 0) is 4.79 Å². The highest BCUT2D eigenvalue weighted by atomic mass is 35.5. The Morgan fingerprint density at radius 3 is 2.65 bits per heavy atom. The molecule has 3 rings (SSSR count). The summed E-state index contributed by atoms with van der Waals surface area (Å²) >= 11 is 12.9. The number of rotatable bonds is 2. The molecule has 0 spiro atoms. The van der Waals surface area contributed by atoms with E-state index in [1.807, 2.05) is 50.2 Å². The number of anilines is 1. The number of thiocarbonyl (C=S) groups is 1. The van der Waals surface area contributed by atoms with Crippen molar-refractivity contribution in [2.24, 2.45) is 0 Å². The molecular formula is C18H14ClNOS2. The van der Waals surface area contributed by atoms with Crippen molar-refractivity contribution in [2.75, 3.05) is 4.90 Å². The molecule has 1 heterocycles. The predicted molar refractivity (Wildman–Crippen MR) is 103 cm³/mol. The molecule has 0 radical (unpaired) electrons. The molecule has 2 aromatic rings. The Hall–Kier alpha value is -1.62. The summed E-state index contributed by atoms with van der Waals surface area (Å²) in [6.07, 6.45) is 1.80. The Morgan fingerprint density at radius 1 is 1.17 bits per heavy atom. The van der Waals surface area contributed by atoms with Crippen molar-refractivity contribution in [3.8, 4) is 0 Å². The van der Waals surface area contributed by atoms with Crippen LogP contribution in [-0.4, -0.2) is 10.2 Å². The van der Waals surface area contributed by atoms with Crippen LogP contribution in [0.25, 0.3) is 6.08 Å². The first-order valence-electron chi connectivity index (χ1n) is 7.07. The van der Waals surface area contributed by atoms with Crippen LogP contribution in [0.5, 0.6) is 0 Å². The van der Waals surface area contributed by atoms with Gasteiger partial charge in [0, 0.05) is 5.02 Å². The van der Waals surface area contributed by atoms with Crippen LogP contribution in [0, 0.1) is 13.8 Å². The summed E-state index contributed by atoms with van der Waals surface area (Å²) in [4.78, 5) is 15.0. The third-order valence-electron chi connectivity index (χ3n) is 3.59.